The summed E-state index contributed by atoms with van der Waals surface area (Å²) < 4.78 is -0.494. The van der Waals surface area contributed by atoms with Crippen molar-refractivity contribution in [1.82, 2.24) is 0 Å². The smallest absolute Gasteiger partial charge is 0.228 e. The second-order valence-electron chi connectivity index (χ2n) is 7.34. The van der Waals surface area contributed by atoms with Gasteiger partial charge in [-0.1, -0.05) is 17.7 Å². The maximum absolute atomic E-state index is 12.6. The molecule has 0 spiro atoms. The minimum absolute atomic E-state index is 0.143. The number of carbonyl (C=O) groups excluding carboxylic acids is 1. The monoisotopic (exact) mass is 371 g/mol. The second-order valence-corrected chi connectivity index (χ2v) is 9.22. The van der Waals surface area contributed by atoms with E-state index in [1.165, 1.54) is 0 Å². The number of nitrogens with one attached hydrogen (secondary N) is 1. The van der Waals surface area contributed by atoms with Gasteiger partial charge in [-0.25, -0.2) is 0 Å². The van der Waals surface area contributed by atoms with E-state index in [0.717, 1.165) is 36.9 Å². The van der Waals surface area contributed by atoms with Crippen LogP contribution < -0.4 is 5.32 Å². The molecule has 4 rings (SSSR count). The summed E-state index contributed by atoms with van der Waals surface area (Å²) in [7, 11) is 0. The SMILES string of the molecule is Cc1ccc(Cl)cc1NC(=O)C1[C@H]2CC[C@@H]3[C@@H](CC[C@@H]12)C3(Cl)Cl. The molecule has 124 valence electrons. The molecule has 0 aromatic heterocycles. The zero-order valence-electron chi connectivity index (χ0n) is 13.0. The fourth-order valence-electron chi connectivity index (χ4n) is 4.56. The van der Waals surface area contributed by atoms with Crippen LogP contribution in [0.25, 0.3) is 0 Å². The molecule has 3 aliphatic carbocycles. The first kappa shape index (κ1) is 16.1. The van der Waals surface area contributed by atoms with E-state index >= 15 is 0 Å². The van der Waals surface area contributed by atoms with E-state index in [-0.39, 0.29) is 11.8 Å². The summed E-state index contributed by atoms with van der Waals surface area (Å²) in [6.45, 7) is 1.98. The maximum atomic E-state index is 12.6. The van der Waals surface area contributed by atoms with Crippen LogP contribution in [0.2, 0.25) is 5.02 Å². The Balaban J connectivity index is 1.41. The molecule has 0 heterocycles. The van der Waals surface area contributed by atoms with Crippen molar-refractivity contribution >= 4 is 46.4 Å². The average molecular weight is 373 g/mol. The van der Waals surface area contributed by atoms with E-state index in [1.807, 2.05) is 25.1 Å². The predicted molar refractivity (Wildman–Crippen MR) is 95.2 cm³/mol. The number of fused-ring (bicyclic) bond motifs is 2. The third-order valence-electron chi connectivity index (χ3n) is 6.08. The molecule has 5 heteroatoms. The summed E-state index contributed by atoms with van der Waals surface area (Å²) in [5.41, 5.74) is 1.86. The number of amides is 1. The van der Waals surface area contributed by atoms with Crippen LogP contribution >= 0.6 is 34.8 Å². The predicted octanol–water partition coefficient (Wildman–Crippen LogP) is 5.44. The van der Waals surface area contributed by atoms with Crippen molar-refractivity contribution in [2.24, 2.45) is 29.6 Å². The Morgan fingerprint density at radius 2 is 1.74 bits per heavy atom. The topological polar surface area (TPSA) is 29.1 Å². The lowest BCUT2D eigenvalue weighted by Gasteiger charge is -2.09. The molecular formula is C18H20Cl3NO. The number of hydrogen-bond donors (Lipinski definition) is 1. The van der Waals surface area contributed by atoms with Crippen LogP contribution in [0.5, 0.6) is 0 Å². The quantitative estimate of drug-likeness (QED) is 0.688. The van der Waals surface area contributed by atoms with Gasteiger partial charge in [-0.15, -0.1) is 23.2 Å². The molecule has 0 aliphatic heterocycles. The van der Waals surface area contributed by atoms with Crippen LogP contribution in [0.1, 0.15) is 31.2 Å². The third kappa shape index (κ3) is 2.77. The van der Waals surface area contributed by atoms with Gasteiger partial charge < -0.3 is 5.32 Å². The Hall–Kier alpha value is -0.440. The maximum Gasteiger partial charge on any atom is 0.228 e. The molecule has 0 saturated heterocycles. The van der Waals surface area contributed by atoms with Gasteiger partial charge in [0.25, 0.3) is 0 Å². The first-order chi connectivity index (χ1) is 10.9. The number of anilines is 1. The minimum atomic E-state index is -0.494. The summed E-state index contributed by atoms with van der Waals surface area (Å²) in [6.07, 6.45) is 4.25. The summed E-state index contributed by atoms with van der Waals surface area (Å²) >= 11 is 18.7. The van der Waals surface area contributed by atoms with Gasteiger partial charge in [0.15, 0.2) is 0 Å². The van der Waals surface area contributed by atoms with Crippen molar-refractivity contribution in [3.05, 3.63) is 28.8 Å². The molecule has 0 bridgehead atoms. The van der Waals surface area contributed by atoms with Crippen LogP contribution in [0, 0.1) is 36.5 Å². The lowest BCUT2D eigenvalue weighted by atomic mass is 10.0. The third-order valence-corrected chi connectivity index (χ3v) is 7.44. The van der Waals surface area contributed by atoms with Crippen molar-refractivity contribution in [2.75, 3.05) is 5.32 Å². The van der Waals surface area contributed by atoms with Crippen LogP contribution in [-0.2, 0) is 4.79 Å². The Kier molecular flexibility index (Phi) is 3.87. The van der Waals surface area contributed by atoms with Gasteiger partial charge in [-0.2, -0.15) is 0 Å². The number of hydrogen-bond acceptors (Lipinski definition) is 1. The first-order valence-corrected chi connectivity index (χ1v) is 9.48. The molecule has 1 aromatic rings. The van der Waals surface area contributed by atoms with Gasteiger partial charge in [0.1, 0.15) is 4.33 Å². The summed E-state index contributed by atoms with van der Waals surface area (Å²) in [5.74, 6) is 2.16. The fraction of sp³-hybridized carbons (Fsp3) is 0.611. The number of aryl methyl sites for hydroxylation is 1. The number of carbonyl (C=O) groups is 1. The molecule has 3 fully saturated rings. The number of rotatable bonds is 2. The highest BCUT2D eigenvalue weighted by molar-refractivity contribution is 6.51. The van der Waals surface area contributed by atoms with Crippen LogP contribution in [0.4, 0.5) is 5.69 Å². The van der Waals surface area contributed by atoms with Crippen molar-refractivity contribution in [2.45, 2.75) is 36.9 Å². The van der Waals surface area contributed by atoms with E-state index in [4.69, 9.17) is 34.8 Å². The molecule has 3 saturated carbocycles. The van der Waals surface area contributed by atoms with Gasteiger partial charge in [-0.3, -0.25) is 4.79 Å². The summed E-state index contributed by atoms with van der Waals surface area (Å²) in [5, 5.41) is 3.72. The zero-order chi connectivity index (χ0) is 16.4. The van der Waals surface area contributed by atoms with E-state index in [9.17, 15) is 4.79 Å². The molecule has 1 N–H and O–H groups in total. The Labute approximate surface area is 151 Å². The first-order valence-electron chi connectivity index (χ1n) is 8.34. The zero-order valence-corrected chi connectivity index (χ0v) is 15.3. The molecule has 1 aromatic carbocycles. The van der Waals surface area contributed by atoms with E-state index in [0.29, 0.717) is 28.7 Å². The lowest BCUT2D eigenvalue weighted by molar-refractivity contribution is -0.117. The van der Waals surface area contributed by atoms with Crippen LogP contribution in [0.3, 0.4) is 0 Å². The minimum Gasteiger partial charge on any atom is -0.326 e. The molecule has 2 nitrogen and oxygen atoms in total. The van der Waals surface area contributed by atoms with Gasteiger partial charge in [0, 0.05) is 16.6 Å². The largest absolute Gasteiger partial charge is 0.326 e. The molecular weight excluding hydrogens is 353 g/mol. The molecule has 5 atom stereocenters. The standard InChI is InChI=1S/C18H20Cl3NO/c1-9-2-3-10(19)8-15(9)22-17(23)16-11-4-6-13-14(18(13,20)21)7-5-12(11)16/h2-3,8,11-14,16H,4-7H2,1H3,(H,22,23)/t11-,12+,13-,14-,16?/m1/s1. The summed E-state index contributed by atoms with van der Waals surface area (Å²) in [6, 6.07) is 5.60. The second kappa shape index (κ2) is 5.54. The van der Waals surface area contributed by atoms with Gasteiger partial charge in [-0.05, 0) is 74.0 Å². The Bertz CT molecular complexity index is 638. The van der Waals surface area contributed by atoms with Gasteiger partial charge in [0.2, 0.25) is 5.91 Å². The van der Waals surface area contributed by atoms with E-state index < -0.39 is 4.33 Å². The normalized spacial score (nSPS) is 37.0. The van der Waals surface area contributed by atoms with Crippen molar-refractivity contribution < 1.29 is 4.79 Å². The number of alkyl halides is 2. The van der Waals surface area contributed by atoms with Gasteiger partial charge >= 0.3 is 0 Å². The highest BCUT2D eigenvalue weighted by Gasteiger charge is 2.65. The number of benzene rings is 1. The lowest BCUT2D eigenvalue weighted by Crippen LogP contribution is -2.16. The fourth-order valence-corrected chi connectivity index (χ4v) is 5.65. The van der Waals surface area contributed by atoms with E-state index in [1.54, 1.807) is 0 Å². The van der Waals surface area contributed by atoms with Gasteiger partial charge in [0.05, 0.1) is 0 Å². The van der Waals surface area contributed by atoms with Crippen molar-refractivity contribution in [3.8, 4) is 0 Å². The molecule has 0 radical (unpaired) electrons. The van der Waals surface area contributed by atoms with Crippen LogP contribution in [0.15, 0.2) is 18.2 Å². The average Bonchev–Trinajstić information content (AvgIpc) is 3.27. The van der Waals surface area contributed by atoms with Crippen molar-refractivity contribution in [3.63, 3.8) is 0 Å². The van der Waals surface area contributed by atoms with Crippen molar-refractivity contribution in [1.29, 1.82) is 0 Å². The van der Waals surface area contributed by atoms with Crippen LogP contribution in [-0.4, -0.2) is 10.2 Å². The molecule has 1 unspecified atom stereocenters. The Morgan fingerprint density at radius 3 is 2.35 bits per heavy atom. The Morgan fingerprint density at radius 1 is 1.13 bits per heavy atom. The molecule has 3 aliphatic rings. The highest BCUT2D eigenvalue weighted by atomic mass is 35.5. The summed E-state index contributed by atoms with van der Waals surface area (Å²) in [4.78, 5) is 12.6. The molecule has 1 amide bonds. The number of halogens is 3. The highest BCUT2D eigenvalue weighted by Crippen LogP contribution is 2.67. The van der Waals surface area contributed by atoms with E-state index in [2.05, 4.69) is 5.32 Å². The molecule has 23 heavy (non-hydrogen) atoms.